The van der Waals surface area contributed by atoms with Crippen molar-refractivity contribution >= 4 is 88.7 Å². The second-order valence-corrected chi connectivity index (χ2v) is 30.8. The third-order valence-electron chi connectivity index (χ3n) is 20.1. The van der Waals surface area contributed by atoms with Crippen LogP contribution in [-0.2, 0) is 87.8 Å². The van der Waals surface area contributed by atoms with Gasteiger partial charge in [0.05, 0.1) is 0 Å². The molecule has 0 aliphatic carbocycles. The Bertz CT molecular complexity index is 3410. The normalized spacial score (nSPS) is 22.3. The molecular formula is C77H123F3N14O17. The molecule has 0 aromatic heterocycles. The van der Waals surface area contributed by atoms with Gasteiger partial charge in [0.15, 0.2) is 0 Å². The van der Waals surface area contributed by atoms with E-state index in [0.717, 1.165) is 13.3 Å². The molecule has 2 fully saturated rings. The molecule has 2 saturated heterocycles. The van der Waals surface area contributed by atoms with Crippen LogP contribution in [0, 0.1) is 47.3 Å². The molecule has 13 amide bonds. The third kappa shape index (κ3) is 29.1. The number of allylic oxidation sites excluding steroid dienone is 1. The minimum absolute atomic E-state index is 0.0192. The van der Waals surface area contributed by atoms with Gasteiger partial charge in [-0.15, -0.1) is 0 Å². The van der Waals surface area contributed by atoms with E-state index in [4.69, 9.17) is 10.5 Å². The van der Waals surface area contributed by atoms with Gasteiger partial charge in [0.1, 0.15) is 90.4 Å². The Kier molecular flexibility index (Phi) is 39.2. The lowest BCUT2D eigenvalue weighted by Gasteiger charge is -2.34. The first-order chi connectivity index (χ1) is 51.9. The zero-order valence-corrected chi connectivity index (χ0v) is 67.7. The monoisotopic (exact) mass is 1570 g/mol. The minimum Gasteiger partial charge on any atom is -0.458 e. The molecule has 2 aliphatic rings. The summed E-state index contributed by atoms with van der Waals surface area (Å²) in [5.74, 6) is -20.2. The summed E-state index contributed by atoms with van der Waals surface area (Å²) >= 11 is 0. The molecule has 34 heteroatoms. The Balaban J connectivity index is 2.04. The molecule has 0 saturated carbocycles. The Morgan fingerprint density at radius 1 is 0.622 bits per heavy atom. The van der Waals surface area contributed by atoms with Gasteiger partial charge >= 0.3 is 18.1 Å². The van der Waals surface area contributed by atoms with Crippen LogP contribution in [0.15, 0.2) is 42.1 Å². The quantitative estimate of drug-likeness (QED) is 0.0348. The first-order valence-corrected chi connectivity index (χ1v) is 38.7. The van der Waals surface area contributed by atoms with E-state index in [1.54, 1.807) is 113 Å². The lowest BCUT2D eigenvalue weighted by atomic mass is 9.95. The Morgan fingerprint density at radius 2 is 1.16 bits per heavy atom. The number of halogens is 3. The van der Waals surface area contributed by atoms with Gasteiger partial charge in [0, 0.05) is 19.4 Å². The lowest BCUT2D eigenvalue weighted by molar-refractivity contribution is -0.205. The van der Waals surface area contributed by atoms with Crippen molar-refractivity contribution in [3.8, 4) is 0 Å². The number of nitrogens with one attached hydrogen (secondary N) is 12. The van der Waals surface area contributed by atoms with Crippen molar-refractivity contribution in [3.05, 3.63) is 47.7 Å². The maximum Gasteiger partial charge on any atom is 0.490 e. The number of likely N-dealkylation sites (tertiary alicyclic amines) is 1. The van der Waals surface area contributed by atoms with Gasteiger partial charge < -0.3 is 83.9 Å². The van der Waals surface area contributed by atoms with Gasteiger partial charge in [-0.1, -0.05) is 166 Å². The minimum atomic E-state index is -5.52. The second-order valence-electron chi connectivity index (χ2n) is 30.8. The first kappa shape index (κ1) is 96.0. The zero-order chi connectivity index (χ0) is 84.2. The summed E-state index contributed by atoms with van der Waals surface area (Å²) in [6.07, 6.45) is -5.81. The summed E-state index contributed by atoms with van der Waals surface area (Å²) in [6, 6.07) is -9.34. The van der Waals surface area contributed by atoms with Crippen LogP contribution in [0.1, 0.15) is 195 Å². The molecule has 624 valence electrons. The number of cyclic esters (lactones) is 1. The number of hydrogen-bond acceptors (Lipinski definition) is 18. The molecule has 0 unspecified atom stereocenters. The number of carbonyl (C=O) groups is 15. The summed E-state index contributed by atoms with van der Waals surface area (Å²) in [4.78, 5) is 215. The fourth-order valence-electron chi connectivity index (χ4n) is 12.3. The van der Waals surface area contributed by atoms with Crippen LogP contribution in [0.3, 0.4) is 0 Å². The van der Waals surface area contributed by atoms with E-state index in [1.807, 2.05) is 13.8 Å². The van der Waals surface area contributed by atoms with Crippen LogP contribution in [0.5, 0.6) is 0 Å². The molecule has 17 atom stereocenters. The van der Waals surface area contributed by atoms with Gasteiger partial charge in [0.2, 0.25) is 70.9 Å². The number of alkyl halides is 3. The van der Waals surface area contributed by atoms with E-state index in [-0.39, 0.29) is 76.1 Å². The molecule has 0 spiro atoms. The molecule has 0 bridgehead atoms. The van der Waals surface area contributed by atoms with E-state index in [0.29, 0.717) is 12.0 Å². The van der Waals surface area contributed by atoms with E-state index < -0.39 is 221 Å². The van der Waals surface area contributed by atoms with E-state index >= 15 is 9.59 Å². The van der Waals surface area contributed by atoms with E-state index in [2.05, 4.69) is 68.5 Å². The highest BCUT2D eigenvalue weighted by atomic mass is 19.4. The van der Waals surface area contributed by atoms with Crippen LogP contribution in [-0.4, -0.2) is 198 Å². The molecule has 111 heavy (non-hydrogen) atoms. The van der Waals surface area contributed by atoms with Crippen LogP contribution in [0.25, 0.3) is 0 Å². The van der Waals surface area contributed by atoms with Crippen molar-refractivity contribution in [2.24, 2.45) is 53.1 Å². The number of hydrogen-bond donors (Lipinski definition) is 13. The summed E-state index contributed by atoms with van der Waals surface area (Å²) in [5.41, 5.74) is 6.29. The smallest absolute Gasteiger partial charge is 0.458 e. The van der Waals surface area contributed by atoms with Gasteiger partial charge in [-0.25, -0.2) is 9.59 Å². The van der Waals surface area contributed by atoms with Crippen LogP contribution >= 0.6 is 0 Å². The molecule has 1 aromatic carbocycles. The molecule has 0 radical (unpaired) electrons. The number of ether oxygens (including phenoxy) is 2. The molecule has 31 nitrogen and oxygen atoms in total. The maximum atomic E-state index is 15.1. The number of carbonyl (C=O) groups excluding carboxylic acids is 15. The molecular weight excluding hydrogens is 1450 g/mol. The maximum absolute atomic E-state index is 15.1. The van der Waals surface area contributed by atoms with Crippen molar-refractivity contribution in [2.45, 2.75) is 287 Å². The molecule has 3 rings (SSSR count). The standard InChI is InChI=1S/C77H123F3N14O17/c1-20-43(15)33-34-53(95)85-54(38(5)6)68(101)92-62(47(19)111-76(109)77(78,79)80)72(105)87-56(40(9)10)69(102)88-57(41(11)12)74(107)94-36-28-32-52(94)66(99)83-50(31-27-35-81)64(97)90-59(44(16)21-2)71(104)93-61-46(18)110-75(108)58(42(13)14)89-63(96)49(23-4)82-65(98)51(37-48-29-25-24-26-30-48)84-67(100)55(39(7)8)86-70(103)60(45(17)22-3)91-73(61)106/h23-26,29-30,38-47,50-52,54-62H,20-22,27-28,31-37,81H2,1-19H3,(H,82,98)(H,83,99)(H,84,100)(H,85,95)(H,86,103)(H,87,105)(H,88,102)(H,89,96)(H,90,97)(H,91,106)(H,92,101)(H,93,104)/b49-23-/t43-,44+,45+,46-,47+,50-,51-,52+,54+,55+,56-,57+,58-,59+,60+,61+,62-/m0/s1. The molecule has 14 N–H and O–H groups in total. The van der Waals surface area contributed by atoms with Gasteiger partial charge in [-0.3, -0.25) is 62.3 Å². The van der Waals surface area contributed by atoms with Crippen LogP contribution < -0.4 is 69.5 Å². The predicted molar refractivity (Wildman–Crippen MR) is 405 cm³/mol. The average Bonchev–Trinajstić information content (AvgIpc) is 1.80. The van der Waals surface area contributed by atoms with Crippen LogP contribution in [0.4, 0.5) is 13.2 Å². The molecule has 1 aromatic rings. The largest absolute Gasteiger partial charge is 0.490 e. The van der Waals surface area contributed by atoms with Crippen molar-refractivity contribution in [1.82, 2.24) is 68.7 Å². The highest BCUT2D eigenvalue weighted by Gasteiger charge is 2.47. The van der Waals surface area contributed by atoms with Gasteiger partial charge in [-0.2, -0.15) is 13.2 Å². The topological polar surface area (TPSA) is 448 Å². The Morgan fingerprint density at radius 3 is 1.69 bits per heavy atom. The lowest BCUT2D eigenvalue weighted by Crippen LogP contribution is -2.64. The average molecular weight is 1570 g/mol. The van der Waals surface area contributed by atoms with E-state index in [1.165, 1.54) is 38.7 Å². The zero-order valence-electron chi connectivity index (χ0n) is 67.7. The number of rotatable bonds is 34. The number of nitrogens with two attached hydrogens (primary N) is 1. The number of nitrogens with zero attached hydrogens (tertiary/aromatic N) is 1. The number of amides is 13. The van der Waals surface area contributed by atoms with Crippen molar-refractivity contribution in [3.63, 3.8) is 0 Å². The van der Waals surface area contributed by atoms with E-state index in [9.17, 15) is 75.5 Å². The Hall–Kier alpha value is -9.24. The van der Waals surface area contributed by atoms with Crippen molar-refractivity contribution < 1.29 is 94.6 Å². The van der Waals surface area contributed by atoms with Crippen molar-refractivity contribution in [2.75, 3.05) is 13.1 Å². The summed E-state index contributed by atoms with van der Waals surface area (Å²) < 4.78 is 51.3. The SMILES string of the molecule is C/C=C1\NC(=O)[C@H](Cc2ccccc2)NC(=O)[C@@H](C(C)C)NC(=O)[C@@H]([C@H](C)CC)NC(=O)[C@H](NC(=O)[C@H](NC(=O)[C@H](CCCN)NC(=O)[C@H]2CCCN2C(=O)[C@H](NC(=O)[C@@H](NC(=O)[C@@H](NC(=O)[C@H](NC(=O)CC[C@@H](C)CC)C(C)C)[C@@H](C)OC(=O)C(F)(F)F)C(C)C)C(C)C)[C@H](C)CC)[C@H](C)OC(=O)[C@H](C(C)C)NC1=O. The molecule has 2 aliphatic heterocycles. The van der Waals surface area contributed by atoms with Gasteiger partial charge in [0.25, 0.3) is 5.91 Å². The highest BCUT2D eigenvalue weighted by Crippen LogP contribution is 2.24. The summed E-state index contributed by atoms with van der Waals surface area (Å²) in [6.45, 7) is 30.0. The number of esters is 2. The van der Waals surface area contributed by atoms with Crippen molar-refractivity contribution in [1.29, 1.82) is 0 Å². The summed E-state index contributed by atoms with van der Waals surface area (Å²) in [7, 11) is 0. The fraction of sp³-hybridized carbons (Fsp3) is 0.701. The summed E-state index contributed by atoms with van der Waals surface area (Å²) in [5, 5.41) is 31.4. The first-order valence-electron chi connectivity index (χ1n) is 38.7. The second kappa shape index (κ2) is 45.3. The third-order valence-corrected chi connectivity index (χ3v) is 20.1. The van der Waals surface area contributed by atoms with Crippen LogP contribution in [0.2, 0.25) is 0 Å². The fourth-order valence-corrected chi connectivity index (χ4v) is 12.3. The molecule has 2 heterocycles. The predicted octanol–water partition coefficient (Wildman–Crippen LogP) is 2.95. The number of benzene rings is 1. The highest BCUT2D eigenvalue weighted by molar-refractivity contribution is 6.03. The van der Waals surface area contributed by atoms with Gasteiger partial charge in [-0.05, 0) is 112 Å². The Labute approximate surface area is 649 Å².